The lowest BCUT2D eigenvalue weighted by Crippen LogP contribution is -2.30. The van der Waals surface area contributed by atoms with Crippen LogP contribution in [-0.4, -0.2) is 12.5 Å². The Morgan fingerprint density at radius 1 is 1.27 bits per heavy atom. The summed E-state index contributed by atoms with van der Waals surface area (Å²) < 4.78 is 0. The van der Waals surface area contributed by atoms with E-state index in [1.807, 2.05) is 13.8 Å². The first kappa shape index (κ1) is 18.7. The molecule has 0 atom stereocenters. The van der Waals surface area contributed by atoms with E-state index in [0.29, 0.717) is 6.42 Å². The molecular formula is C20H33NO. The highest BCUT2D eigenvalue weighted by Gasteiger charge is 2.26. The molecule has 1 N–H and O–H groups in total. The van der Waals surface area contributed by atoms with Crippen molar-refractivity contribution in [2.45, 2.75) is 72.6 Å². The summed E-state index contributed by atoms with van der Waals surface area (Å²) in [6, 6.07) is 0. The summed E-state index contributed by atoms with van der Waals surface area (Å²) in [5.41, 5.74) is 2.86. The van der Waals surface area contributed by atoms with Gasteiger partial charge in [0.25, 0.3) is 0 Å². The molecule has 2 heteroatoms. The number of hydrogen-bond donors (Lipinski definition) is 1. The van der Waals surface area contributed by atoms with E-state index in [4.69, 9.17) is 0 Å². The van der Waals surface area contributed by atoms with Crippen molar-refractivity contribution in [3.05, 3.63) is 35.5 Å². The summed E-state index contributed by atoms with van der Waals surface area (Å²) in [7, 11) is 0. The maximum Gasteiger partial charge on any atom is 0.220 e. The van der Waals surface area contributed by atoms with Gasteiger partial charge in [0.05, 0.1) is 0 Å². The van der Waals surface area contributed by atoms with Gasteiger partial charge in [-0.1, -0.05) is 63.1 Å². The van der Waals surface area contributed by atoms with Gasteiger partial charge in [0.15, 0.2) is 0 Å². The summed E-state index contributed by atoms with van der Waals surface area (Å²) in [5.74, 6) is 0.180. The van der Waals surface area contributed by atoms with Gasteiger partial charge in [-0.05, 0) is 43.9 Å². The molecule has 2 nitrogen and oxygen atoms in total. The lowest BCUT2D eigenvalue weighted by atomic mass is 9.80. The van der Waals surface area contributed by atoms with E-state index in [1.165, 1.54) is 36.8 Å². The molecule has 0 heterocycles. The van der Waals surface area contributed by atoms with Crippen molar-refractivity contribution in [2.24, 2.45) is 5.41 Å². The normalized spacial score (nSPS) is 17.3. The second kappa shape index (κ2) is 9.66. The van der Waals surface area contributed by atoms with Gasteiger partial charge in [0.2, 0.25) is 5.91 Å². The van der Waals surface area contributed by atoms with Crippen LogP contribution >= 0.6 is 0 Å². The summed E-state index contributed by atoms with van der Waals surface area (Å²) in [6.07, 6.45) is 16.4. The molecule has 0 aromatic heterocycles. The monoisotopic (exact) mass is 303 g/mol. The molecule has 0 radical (unpaired) electrons. The van der Waals surface area contributed by atoms with Gasteiger partial charge >= 0.3 is 0 Å². The minimum Gasteiger partial charge on any atom is -0.356 e. The second-order valence-corrected chi connectivity index (χ2v) is 6.59. The molecule has 0 aromatic rings. The first-order valence-corrected chi connectivity index (χ1v) is 8.89. The molecule has 2 aliphatic rings. The number of rotatable bonds is 6. The minimum atomic E-state index is -0.0301. The minimum absolute atomic E-state index is 0.0301. The van der Waals surface area contributed by atoms with Crippen LogP contribution in [-0.2, 0) is 4.79 Å². The lowest BCUT2D eigenvalue weighted by molar-refractivity contribution is -0.122. The Labute approximate surface area is 136 Å². The van der Waals surface area contributed by atoms with Gasteiger partial charge in [-0.3, -0.25) is 4.79 Å². The average molecular weight is 303 g/mol. The van der Waals surface area contributed by atoms with Crippen LogP contribution in [0.1, 0.15) is 72.6 Å². The zero-order chi connectivity index (χ0) is 16.4. The number of hydrogen-bond acceptors (Lipinski definition) is 1. The molecule has 2 aliphatic carbocycles. The van der Waals surface area contributed by atoms with E-state index in [-0.39, 0.29) is 11.3 Å². The van der Waals surface area contributed by atoms with E-state index < -0.39 is 0 Å². The third kappa shape index (κ3) is 6.21. The van der Waals surface area contributed by atoms with Crippen molar-refractivity contribution in [3.8, 4) is 0 Å². The lowest BCUT2D eigenvalue weighted by Gasteiger charge is -2.26. The Morgan fingerprint density at radius 3 is 2.64 bits per heavy atom. The predicted molar refractivity (Wildman–Crippen MR) is 95.8 cm³/mol. The third-order valence-corrected chi connectivity index (χ3v) is 4.40. The van der Waals surface area contributed by atoms with Crippen molar-refractivity contribution in [3.63, 3.8) is 0 Å². The fourth-order valence-corrected chi connectivity index (χ4v) is 3.02. The number of amides is 1. The summed E-state index contributed by atoms with van der Waals surface area (Å²) in [6.45, 7) is 9.11. The molecule has 1 amide bonds. The van der Waals surface area contributed by atoms with Gasteiger partial charge in [-0.25, -0.2) is 0 Å². The maximum atomic E-state index is 12.1. The van der Waals surface area contributed by atoms with Crippen molar-refractivity contribution in [1.82, 2.24) is 5.32 Å². The van der Waals surface area contributed by atoms with E-state index in [1.54, 1.807) is 0 Å². The molecule has 2 rings (SSSR count). The van der Waals surface area contributed by atoms with Crippen molar-refractivity contribution < 1.29 is 4.79 Å². The standard InChI is InChI=1S/C18H27NO.C2H6/c1-18(2,16-10-6-7-11-16)14-17(20)19-13-12-15-8-4-3-5-9-15;1-2/h6-8,10H,3-5,9,11-14H2,1-2H3,(H,19,20);1-2H3. The zero-order valence-corrected chi connectivity index (χ0v) is 14.9. The van der Waals surface area contributed by atoms with E-state index in [0.717, 1.165) is 19.4 Å². The van der Waals surface area contributed by atoms with E-state index in [9.17, 15) is 4.79 Å². The van der Waals surface area contributed by atoms with Crippen molar-refractivity contribution in [1.29, 1.82) is 0 Å². The Bertz CT molecular complexity index is 441. The van der Waals surface area contributed by atoms with Gasteiger partial charge < -0.3 is 5.32 Å². The smallest absolute Gasteiger partial charge is 0.220 e. The topological polar surface area (TPSA) is 29.1 Å². The summed E-state index contributed by atoms with van der Waals surface area (Å²) >= 11 is 0. The largest absolute Gasteiger partial charge is 0.356 e. The van der Waals surface area contributed by atoms with Gasteiger partial charge in [-0.2, -0.15) is 0 Å². The zero-order valence-electron chi connectivity index (χ0n) is 14.9. The summed E-state index contributed by atoms with van der Waals surface area (Å²) in [4.78, 5) is 12.1. The molecule has 0 fully saturated rings. The van der Waals surface area contributed by atoms with Crippen LogP contribution in [0.15, 0.2) is 35.5 Å². The Kier molecular flexibility index (Phi) is 8.22. The molecular weight excluding hydrogens is 270 g/mol. The molecule has 0 bridgehead atoms. The highest BCUT2D eigenvalue weighted by Crippen LogP contribution is 2.34. The highest BCUT2D eigenvalue weighted by atomic mass is 16.1. The van der Waals surface area contributed by atoms with Crippen LogP contribution < -0.4 is 5.32 Å². The number of carbonyl (C=O) groups excluding carboxylic acids is 1. The molecule has 0 aliphatic heterocycles. The average Bonchev–Trinajstić information content (AvgIpc) is 3.05. The second-order valence-electron chi connectivity index (χ2n) is 6.59. The van der Waals surface area contributed by atoms with Gasteiger partial charge in [0.1, 0.15) is 0 Å². The highest BCUT2D eigenvalue weighted by molar-refractivity contribution is 5.77. The summed E-state index contributed by atoms with van der Waals surface area (Å²) in [5, 5.41) is 3.08. The van der Waals surface area contributed by atoms with Crippen LogP contribution in [0.5, 0.6) is 0 Å². The first-order chi connectivity index (χ1) is 10.6. The SMILES string of the molecule is CC.CC(C)(CC(=O)NCCC1=CCCCC1)C1=CC=CC1. The maximum absolute atomic E-state index is 12.1. The molecule has 0 saturated heterocycles. The van der Waals surface area contributed by atoms with Crippen LogP contribution in [0.3, 0.4) is 0 Å². The first-order valence-electron chi connectivity index (χ1n) is 8.89. The quantitative estimate of drug-likeness (QED) is 0.661. The number of allylic oxidation sites excluding steroid dienone is 5. The number of nitrogens with one attached hydrogen (secondary N) is 1. The molecule has 22 heavy (non-hydrogen) atoms. The van der Waals surface area contributed by atoms with Crippen LogP contribution in [0.2, 0.25) is 0 Å². The molecule has 124 valence electrons. The van der Waals surface area contributed by atoms with Crippen LogP contribution in [0.25, 0.3) is 0 Å². The van der Waals surface area contributed by atoms with Crippen LogP contribution in [0, 0.1) is 5.41 Å². The van der Waals surface area contributed by atoms with E-state index >= 15 is 0 Å². The fraction of sp³-hybridized carbons (Fsp3) is 0.650. The van der Waals surface area contributed by atoms with Crippen molar-refractivity contribution >= 4 is 5.91 Å². The molecule has 0 unspecified atom stereocenters. The molecule has 0 spiro atoms. The van der Waals surface area contributed by atoms with Gasteiger partial charge in [0, 0.05) is 13.0 Å². The Morgan fingerprint density at radius 2 is 2.05 bits per heavy atom. The van der Waals surface area contributed by atoms with Crippen LogP contribution in [0.4, 0.5) is 0 Å². The van der Waals surface area contributed by atoms with Gasteiger partial charge in [-0.15, -0.1) is 0 Å². The third-order valence-electron chi connectivity index (χ3n) is 4.40. The Hall–Kier alpha value is -1.31. The van der Waals surface area contributed by atoms with Crippen molar-refractivity contribution in [2.75, 3.05) is 6.54 Å². The molecule has 0 aromatic carbocycles. The van der Waals surface area contributed by atoms with E-state index in [2.05, 4.69) is 43.5 Å². The molecule has 0 saturated carbocycles. The predicted octanol–water partition coefficient (Wildman–Crippen LogP) is 5.32. The number of carbonyl (C=O) groups is 1. The fourth-order valence-electron chi connectivity index (χ4n) is 3.02. The Balaban J connectivity index is 0.00000116.